The van der Waals surface area contributed by atoms with E-state index >= 15 is 0 Å². The van der Waals surface area contributed by atoms with Gasteiger partial charge in [-0.25, -0.2) is 9.18 Å². The lowest BCUT2D eigenvalue weighted by atomic mass is 10.2. The summed E-state index contributed by atoms with van der Waals surface area (Å²) < 4.78 is 13.6. The maximum absolute atomic E-state index is 13.6. The van der Waals surface area contributed by atoms with Crippen molar-refractivity contribution in [3.8, 4) is 6.07 Å². The number of benzene rings is 1. The van der Waals surface area contributed by atoms with Crippen LogP contribution in [-0.4, -0.2) is 35.6 Å². The molecule has 2 amide bonds. The number of hydrogen-bond donors (Lipinski definition) is 2. The second-order valence-electron chi connectivity index (χ2n) is 4.36. The summed E-state index contributed by atoms with van der Waals surface area (Å²) in [5.74, 6) is -2.47. The number of carbonyl (C=O) groups excluding carboxylic acids is 1. The quantitative estimate of drug-likeness (QED) is 0.880. The summed E-state index contributed by atoms with van der Waals surface area (Å²) in [6, 6.07) is 4.82. The van der Waals surface area contributed by atoms with Crippen molar-refractivity contribution >= 4 is 17.7 Å². The first-order valence-electron chi connectivity index (χ1n) is 5.79. The summed E-state index contributed by atoms with van der Waals surface area (Å²) in [5.41, 5.74) is 0.0807. The Kier molecular flexibility index (Phi) is 5.03. The van der Waals surface area contributed by atoms with E-state index in [-0.39, 0.29) is 17.8 Å². The van der Waals surface area contributed by atoms with Gasteiger partial charge in [-0.15, -0.1) is 0 Å². The number of rotatable bonds is 4. The Morgan fingerprint density at radius 2 is 2.20 bits per heavy atom. The number of amides is 2. The van der Waals surface area contributed by atoms with Crippen LogP contribution in [-0.2, 0) is 4.79 Å². The first-order valence-corrected chi connectivity index (χ1v) is 5.79. The van der Waals surface area contributed by atoms with Crippen LogP contribution in [0, 0.1) is 23.1 Å². The zero-order valence-electron chi connectivity index (χ0n) is 11.1. The van der Waals surface area contributed by atoms with Crippen LogP contribution in [0.4, 0.5) is 14.9 Å². The number of nitrogens with zero attached hydrogens (tertiary/aromatic N) is 2. The van der Waals surface area contributed by atoms with E-state index in [1.54, 1.807) is 6.07 Å². The van der Waals surface area contributed by atoms with E-state index < -0.39 is 23.7 Å². The molecule has 0 bridgehead atoms. The Bertz CT molecular complexity index is 568. The molecular weight excluding hydrogens is 265 g/mol. The monoisotopic (exact) mass is 279 g/mol. The highest BCUT2D eigenvalue weighted by Gasteiger charge is 2.18. The molecule has 0 spiro atoms. The Morgan fingerprint density at radius 1 is 1.55 bits per heavy atom. The molecule has 1 aromatic rings. The average Bonchev–Trinajstić information content (AvgIpc) is 2.40. The first kappa shape index (κ1) is 15.4. The number of nitrogens with one attached hydrogen (secondary N) is 1. The molecule has 0 aliphatic rings. The summed E-state index contributed by atoms with van der Waals surface area (Å²) in [6.07, 6.45) is 0. The predicted octanol–water partition coefficient (Wildman–Crippen LogP) is 1.88. The average molecular weight is 279 g/mol. The van der Waals surface area contributed by atoms with Gasteiger partial charge in [0.15, 0.2) is 0 Å². The van der Waals surface area contributed by atoms with Gasteiger partial charge < -0.3 is 15.3 Å². The van der Waals surface area contributed by atoms with Gasteiger partial charge in [-0.05, 0) is 18.2 Å². The third-order valence-corrected chi connectivity index (χ3v) is 2.66. The summed E-state index contributed by atoms with van der Waals surface area (Å²) >= 11 is 0. The second kappa shape index (κ2) is 6.52. The Hall–Kier alpha value is -2.62. The third kappa shape index (κ3) is 3.95. The van der Waals surface area contributed by atoms with Crippen LogP contribution in [0.25, 0.3) is 0 Å². The van der Waals surface area contributed by atoms with Crippen LogP contribution in [0.5, 0.6) is 0 Å². The number of carbonyl (C=O) groups is 2. The van der Waals surface area contributed by atoms with Gasteiger partial charge in [0.25, 0.3) is 0 Å². The van der Waals surface area contributed by atoms with Crippen molar-refractivity contribution in [2.75, 3.05) is 18.9 Å². The smallest absolute Gasteiger partial charge is 0.321 e. The summed E-state index contributed by atoms with van der Waals surface area (Å²) in [6.45, 7) is 1.47. The van der Waals surface area contributed by atoms with Crippen molar-refractivity contribution in [1.29, 1.82) is 5.26 Å². The standard InChI is InChI=1S/C13H14FN3O3/c1-8(12(18)19)7-17(2)13(20)16-11-4-3-9(6-15)5-10(11)14/h3-5,8H,7H2,1-2H3,(H,16,20)(H,18,19). The molecule has 1 rings (SSSR count). The van der Waals surface area contributed by atoms with E-state index in [2.05, 4.69) is 5.32 Å². The molecule has 1 atom stereocenters. The highest BCUT2D eigenvalue weighted by Crippen LogP contribution is 2.16. The molecular formula is C13H14FN3O3. The topological polar surface area (TPSA) is 93.4 Å². The largest absolute Gasteiger partial charge is 0.481 e. The molecule has 0 aliphatic carbocycles. The minimum atomic E-state index is -1.02. The molecule has 0 saturated carbocycles. The van der Waals surface area contributed by atoms with Crippen molar-refractivity contribution < 1.29 is 19.1 Å². The number of nitriles is 1. The van der Waals surface area contributed by atoms with Gasteiger partial charge in [0.05, 0.1) is 23.2 Å². The molecule has 0 fully saturated rings. The molecule has 0 aliphatic heterocycles. The zero-order valence-corrected chi connectivity index (χ0v) is 11.1. The fourth-order valence-corrected chi connectivity index (χ4v) is 1.47. The summed E-state index contributed by atoms with van der Waals surface area (Å²) in [7, 11) is 1.41. The number of aliphatic carboxylic acids is 1. The highest BCUT2D eigenvalue weighted by atomic mass is 19.1. The number of urea groups is 1. The van der Waals surface area contributed by atoms with E-state index in [1.165, 1.54) is 26.1 Å². The van der Waals surface area contributed by atoms with Crippen molar-refractivity contribution in [1.82, 2.24) is 4.90 Å². The van der Waals surface area contributed by atoms with E-state index in [0.717, 1.165) is 11.0 Å². The molecule has 20 heavy (non-hydrogen) atoms. The van der Waals surface area contributed by atoms with Crippen molar-refractivity contribution in [2.24, 2.45) is 5.92 Å². The summed E-state index contributed by atoms with van der Waals surface area (Å²) in [5, 5.41) is 19.7. The summed E-state index contributed by atoms with van der Waals surface area (Å²) in [4.78, 5) is 23.6. The molecule has 0 radical (unpaired) electrons. The first-order chi connectivity index (χ1) is 9.35. The minimum Gasteiger partial charge on any atom is -0.481 e. The predicted molar refractivity (Wildman–Crippen MR) is 69.6 cm³/mol. The highest BCUT2D eigenvalue weighted by molar-refractivity contribution is 5.89. The molecule has 106 valence electrons. The molecule has 2 N–H and O–H groups in total. The lowest BCUT2D eigenvalue weighted by molar-refractivity contribution is -0.141. The number of carboxylic acids is 1. The van der Waals surface area contributed by atoms with E-state index in [1.807, 2.05) is 0 Å². The maximum Gasteiger partial charge on any atom is 0.321 e. The Labute approximate surface area is 115 Å². The van der Waals surface area contributed by atoms with Crippen LogP contribution in [0.2, 0.25) is 0 Å². The van der Waals surface area contributed by atoms with Gasteiger partial charge in [-0.2, -0.15) is 5.26 Å². The van der Waals surface area contributed by atoms with Crippen molar-refractivity contribution in [2.45, 2.75) is 6.92 Å². The van der Waals surface area contributed by atoms with Gasteiger partial charge in [-0.3, -0.25) is 4.79 Å². The zero-order chi connectivity index (χ0) is 15.3. The molecule has 0 aromatic heterocycles. The second-order valence-corrected chi connectivity index (χ2v) is 4.36. The molecule has 7 heteroatoms. The number of halogens is 1. The van der Waals surface area contributed by atoms with Crippen LogP contribution < -0.4 is 5.32 Å². The minimum absolute atomic E-state index is 0.000928. The lowest BCUT2D eigenvalue weighted by Gasteiger charge is -2.20. The third-order valence-electron chi connectivity index (χ3n) is 2.66. The van der Waals surface area contributed by atoms with Crippen LogP contribution in [0.1, 0.15) is 12.5 Å². The maximum atomic E-state index is 13.6. The molecule has 0 saturated heterocycles. The molecule has 1 aromatic carbocycles. The Balaban J connectivity index is 2.71. The fraction of sp³-hybridized carbons (Fsp3) is 0.308. The van der Waals surface area contributed by atoms with Crippen LogP contribution in [0.15, 0.2) is 18.2 Å². The van der Waals surface area contributed by atoms with Gasteiger partial charge in [0.1, 0.15) is 5.82 Å². The van der Waals surface area contributed by atoms with E-state index in [0.29, 0.717) is 0 Å². The molecule has 1 unspecified atom stereocenters. The van der Waals surface area contributed by atoms with E-state index in [4.69, 9.17) is 10.4 Å². The number of carboxylic acid groups (broad SMARTS) is 1. The SMILES string of the molecule is CC(CN(C)C(=O)Nc1ccc(C#N)cc1F)C(=O)O. The van der Waals surface area contributed by atoms with Gasteiger partial charge in [-0.1, -0.05) is 6.92 Å². The lowest BCUT2D eigenvalue weighted by Crippen LogP contribution is -2.36. The number of hydrogen-bond acceptors (Lipinski definition) is 3. The van der Waals surface area contributed by atoms with Gasteiger partial charge >= 0.3 is 12.0 Å². The fourth-order valence-electron chi connectivity index (χ4n) is 1.47. The van der Waals surface area contributed by atoms with Gasteiger partial charge in [0.2, 0.25) is 0 Å². The van der Waals surface area contributed by atoms with Crippen LogP contribution in [0.3, 0.4) is 0 Å². The normalized spacial score (nSPS) is 11.3. The Morgan fingerprint density at radius 3 is 2.70 bits per heavy atom. The molecule has 6 nitrogen and oxygen atoms in total. The van der Waals surface area contributed by atoms with Gasteiger partial charge in [0, 0.05) is 13.6 Å². The van der Waals surface area contributed by atoms with Crippen molar-refractivity contribution in [3.63, 3.8) is 0 Å². The van der Waals surface area contributed by atoms with Crippen molar-refractivity contribution in [3.05, 3.63) is 29.6 Å². The molecule has 0 heterocycles. The van der Waals surface area contributed by atoms with Crippen LogP contribution >= 0.6 is 0 Å². The number of anilines is 1. The van der Waals surface area contributed by atoms with E-state index in [9.17, 15) is 14.0 Å².